The molecular formula is C53H66N8O7S3. The summed E-state index contributed by atoms with van der Waals surface area (Å²) in [6.07, 6.45) is 5.05. The highest BCUT2D eigenvalue weighted by molar-refractivity contribution is 8.02. The first kappa shape index (κ1) is 50.9. The number of pyridine rings is 1. The first-order valence-corrected chi connectivity index (χ1v) is 27.3. The standard InChI is InChI=1S/C53H66N8O7S3/c1-10-43(62)59-21-18-39-40(59)25-60(39)51(66)57(8)45(30(3)4)47(63)48-53(29-71-48)24-42-55-37(27-70-42)32-16-17-38-35(22-32)36(46(58(38)11-2)34-14-12-19-54-44(34)41(26-69)67-9)23-52(6,7)28-68-49(64)33-15-13-20-61(50(53)65)56-31(33)5/h10,12,14,16-17,19,22,26-27,30-31,33,39-41,45,48,56H,1,11,13,15,18,20-21,23-25,28-29H2,2-9H3/t31?,33-,39-,40-,41+,45+,48-,53+/m1/s1. The molecule has 9 rings (SSSR count). The summed E-state index contributed by atoms with van der Waals surface area (Å²) in [5.74, 6) is -1.27. The number of likely N-dealkylation sites (N-methyl/N-ethyl adjacent to an activating group) is 1. The molecule has 1 spiro atoms. The number of methoxy groups -OCH3 is 1. The molecule has 1 aromatic carbocycles. The fraction of sp³-hybridized carbons (Fsp3) is 0.547. The Morgan fingerprint density at radius 3 is 2.59 bits per heavy atom. The summed E-state index contributed by atoms with van der Waals surface area (Å²) in [7, 11) is 3.31. The smallest absolute Gasteiger partial charge is 0.320 e. The van der Waals surface area contributed by atoms with E-state index in [0.717, 1.165) is 44.0 Å². The minimum atomic E-state index is -1.19. The molecule has 4 saturated heterocycles. The number of urea groups is 1. The second-order valence-electron chi connectivity index (χ2n) is 21.1. The van der Waals surface area contributed by atoms with E-state index >= 15 is 9.59 Å². The van der Waals surface area contributed by atoms with Crippen molar-refractivity contribution in [3.63, 3.8) is 0 Å². The molecular weight excluding hydrogens is 957 g/mol. The van der Waals surface area contributed by atoms with Gasteiger partial charge < -0.3 is 28.7 Å². The molecule has 1 unspecified atom stereocenters. The number of Topliss-reactive ketones (excluding diaryl/α,β-unsaturated/α-hetero) is 1. The topological polar surface area (TPSA) is 160 Å². The number of esters is 1. The molecule has 0 aliphatic carbocycles. The van der Waals surface area contributed by atoms with Crippen molar-refractivity contribution in [2.45, 2.75) is 116 Å². The van der Waals surface area contributed by atoms with Crippen molar-refractivity contribution in [1.82, 2.24) is 39.7 Å². The minimum Gasteiger partial charge on any atom is -0.465 e. The third-order valence-electron chi connectivity index (χ3n) is 15.5. The largest absolute Gasteiger partial charge is 0.465 e. The van der Waals surface area contributed by atoms with Crippen molar-refractivity contribution < 1.29 is 33.4 Å². The van der Waals surface area contributed by atoms with Crippen molar-refractivity contribution in [2.24, 2.45) is 22.7 Å². The number of thioether (sulfide) groups is 1. The molecule has 0 radical (unpaired) electrons. The van der Waals surface area contributed by atoms with E-state index in [1.807, 2.05) is 32.2 Å². The van der Waals surface area contributed by atoms with Gasteiger partial charge in [-0.05, 0) is 81.4 Å². The minimum absolute atomic E-state index is 0.0742. The van der Waals surface area contributed by atoms with Crippen LogP contribution < -0.4 is 5.43 Å². The summed E-state index contributed by atoms with van der Waals surface area (Å²) >= 11 is 8.37. The van der Waals surface area contributed by atoms with Gasteiger partial charge in [0.1, 0.15) is 6.10 Å². The van der Waals surface area contributed by atoms with Gasteiger partial charge in [-0.15, -0.1) is 23.1 Å². The van der Waals surface area contributed by atoms with E-state index in [-0.39, 0.29) is 60.6 Å². The van der Waals surface area contributed by atoms with Gasteiger partial charge in [-0.1, -0.05) is 52.6 Å². The molecule has 4 amide bonds. The van der Waals surface area contributed by atoms with E-state index in [1.165, 1.54) is 29.2 Å². The quantitative estimate of drug-likeness (QED) is 0.0946. The first-order valence-electron chi connectivity index (χ1n) is 24.9. The Hall–Kier alpha value is -5.01. The van der Waals surface area contributed by atoms with Gasteiger partial charge >= 0.3 is 12.0 Å². The highest BCUT2D eigenvalue weighted by atomic mass is 32.2. The maximum atomic E-state index is 15.5. The predicted molar refractivity (Wildman–Crippen MR) is 281 cm³/mol. The number of ether oxygens (including phenoxy) is 2. The number of benzene rings is 1. The summed E-state index contributed by atoms with van der Waals surface area (Å²) in [6, 6.07) is 8.67. The number of hydrazine groups is 1. The lowest BCUT2D eigenvalue weighted by molar-refractivity contribution is -0.154. The van der Waals surface area contributed by atoms with Crippen molar-refractivity contribution >= 4 is 81.2 Å². The Kier molecular flexibility index (Phi) is 14.4. The second-order valence-corrected chi connectivity index (χ2v) is 23.4. The van der Waals surface area contributed by atoms with Gasteiger partial charge in [-0.3, -0.25) is 29.2 Å². The number of aromatic nitrogens is 3. The van der Waals surface area contributed by atoms with E-state index in [9.17, 15) is 14.4 Å². The number of nitrogens with zero attached hydrogens (tertiary/aromatic N) is 7. The number of hydrogen-bond donors (Lipinski definition) is 1. The molecule has 6 bridgehead atoms. The fourth-order valence-electron chi connectivity index (χ4n) is 11.8. The number of hydrogen-bond acceptors (Lipinski definition) is 13. The van der Waals surface area contributed by atoms with E-state index in [0.29, 0.717) is 63.3 Å². The lowest BCUT2D eigenvalue weighted by atomic mass is 9.76. The lowest BCUT2D eigenvalue weighted by Crippen LogP contribution is -2.69. The van der Waals surface area contributed by atoms with Crippen LogP contribution in [0, 0.1) is 22.7 Å². The number of ketones is 1. The van der Waals surface area contributed by atoms with Gasteiger partial charge in [0.25, 0.3) is 0 Å². The van der Waals surface area contributed by atoms with E-state index < -0.39 is 40.2 Å². The average molecular weight is 1020 g/mol. The molecule has 71 heavy (non-hydrogen) atoms. The lowest BCUT2D eigenvalue weighted by Gasteiger charge is -2.51. The molecule has 5 aliphatic heterocycles. The zero-order chi connectivity index (χ0) is 50.7. The van der Waals surface area contributed by atoms with Gasteiger partial charge in [-0.25, -0.2) is 15.2 Å². The number of amides is 4. The summed E-state index contributed by atoms with van der Waals surface area (Å²) in [5, 5.41) is 6.25. The molecule has 5 aliphatic rings. The van der Waals surface area contributed by atoms with Crippen LogP contribution in [0.15, 0.2) is 54.6 Å². The van der Waals surface area contributed by atoms with Crippen molar-refractivity contribution in [2.75, 3.05) is 46.2 Å². The second kappa shape index (κ2) is 20.1. The molecule has 4 fully saturated rings. The van der Waals surface area contributed by atoms with Crippen molar-refractivity contribution in [1.29, 1.82) is 0 Å². The van der Waals surface area contributed by atoms with Crippen molar-refractivity contribution in [3.05, 3.63) is 70.8 Å². The van der Waals surface area contributed by atoms with Gasteiger partial charge in [0.15, 0.2) is 5.78 Å². The normalized spacial score (nSPS) is 26.2. The maximum absolute atomic E-state index is 15.5. The Bertz CT molecular complexity index is 2770. The Labute approximate surface area is 430 Å². The fourth-order valence-corrected chi connectivity index (χ4v) is 14.5. The summed E-state index contributed by atoms with van der Waals surface area (Å²) < 4.78 is 14.4. The SMILES string of the molecule is C=CC(=O)N1CC[C@@H]2[C@H]1CN2C(=O)N(C)[C@H](C(=O)[C@H]1SC[C@@]12Cc1nc(cs1)-c1ccc3c(c1)c(c(-c1cccnc1[C@H](C=S)OC)n3CC)CC(C)(C)COC(=O)[C@@H]1CCCN(NC1C)C2=O)C(C)C. The number of carbonyl (C=O) groups is 5. The number of cyclic esters (lactones) is 1. The maximum Gasteiger partial charge on any atom is 0.320 e. The van der Waals surface area contributed by atoms with E-state index in [1.54, 1.807) is 45.4 Å². The van der Waals surface area contributed by atoms with Crippen LogP contribution in [0.2, 0.25) is 0 Å². The van der Waals surface area contributed by atoms with E-state index in [4.69, 9.17) is 31.7 Å². The Morgan fingerprint density at radius 1 is 1.11 bits per heavy atom. The summed E-state index contributed by atoms with van der Waals surface area (Å²) in [4.78, 5) is 87.0. The molecule has 15 nitrogen and oxygen atoms in total. The number of thiocarbonyl (C=S) groups is 1. The van der Waals surface area contributed by atoms with Crippen LogP contribution in [0.5, 0.6) is 0 Å². The Morgan fingerprint density at radius 2 is 1.90 bits per heavy atom. The number of aryl methyl sites for hydroxylation is 1. The van der Waals surface area contributed by atoms with Gasteiger partial charge in [0.2, 0.25) is 11.8 Å². The molecule has 378 valence electrons. The van der Waals surface area contributed by atoms with Crippen LogP contribution in [0.25, 0.3) is 33.4 Å². The molecule has 4 aromatic rings. The first-order chi connectivity index (χ1) is 34.0. The van der Waals surface area contributed by atoms with Crippen LogP contribution in [-0.4, -0.2) is 145 Å². The molecule has 18 heteroatoms. The molecule has 0 saturated carbocycles. The Balaban J connectivity index is 1.11. The molecule has 8 atom stereocenters. The zero-order valence-electron chi connectivity index (χ0n) is 42.0. The highest BCUT2D eigenvalue weighted by Gasteiger charge is 2.61. The van der Waals surface area contributed by atoms with Crippen LogP contribution in [0.4, 0.5) is 4.79 Å². The molecule has 3 aromatic heterocycles. The van der Waals surface area contributed by atoms with Crippen LogP contribution in [0.3, 0.4) is 0 Å². The average Bonchev–Trinajstić information content (AvgIpc) is 3.98. The van der Waals surface area contributed by atoms with Crippen LogP contribution in [-0.2, 0) is 48.0 Å². The monoisotopic (exact) mass is 1020 g/mol. The van der Waals surface area contributed by atoms with E-state index in [2.05, 4.69) is 61.6 Å². The third kappa shape index (κ3) is 9.03. The number of rotatable bonds is 10. The van der Waals surface area contributed by atoms with Crippen molar-refractivity contribution in [3.8, 4) is 22.5 Å². The summed E-state index contributed by atoms with van der Waals surface area (Å²) in [6.45, 7) is 17.9. The highest BCUT2D eigenvalue weighted by Crippen LogP contribution is 2.52. The molecule has 1 N–H and O–H groups in total. The molecule has 8 heterocycles. The van der Waals surface area contributed by atoms with Gasteiger partial charge in [0, 0.05) is 103 Å². The number of carbonyl (C=O) groups excluding carboxylic acids is 5. The number of nitrogens with one attached hydrogen (secondary N) is 1. The third-order valence-corrected chi connectivity index (χ3v) is 18.3. The van der Waals surface area contributed by atoms with Crippen LogP contribution in [0.1, 0.15) is 83.2 Å². The number of likely N-dealkylation sites (tertiary alicyclic amines) is 2. The zero-order valence-corrected chi connectivity index (χ0v) is 44.5. The number of fused-ring (bicyclic) bond motifs is 8. The summed E-state index contributed by atoms with van der Waals surface area (Å²) in [5.41, 5.74) is 8.12. The van der Waals surface area contributed by atoms with Crippen LogP contribution >= 0.6 is 35.3 Å². The van der Waals surface area contributed by atoms with Gasteiger partial charge in [0.05, 0.1) is 63.4 Å². The number of thiazole rings is 1. The predicted octanol–water partition coefficient (Wildman–Crippen LogP) is 7.55. The van der Waals surface area contributed by atoms with Gasteiger partial charge in [-0.2, -0.15) is 0 Å².